The van der Waals surface area contributed by atoms with Crippen molar-refractivity contribution in [3.63, 3.8) is 0 Å². The van der Waals surface area contributed by atoms with E-state index in [1.54, 1.807) is 0 Å². The van der Waals surface area contributed by atoms with Gasteiger partial charge in [-0.3, -0.25) is 4.79 Å². The Bertz CT molecular complexity index is 500. The van der Waals surface area contributed by atoms with Crippen molar-refractivity contribution in [2.24, 2.45) is 0 Å². The van der Waals surface area contributed by atoms with Crippen LogP contribution in [0, 0.1) is 11.6 Å². The zero-order chi connectivity index (χ0) is 14.0. The molecule has 0 bridgehead atoms. The van der Waals surface area contributed by atoms with E-state index in [1.807, 2.05) is 6.92 Å². The Labute approximate surface area is 109 Å². The van der Waals surface area contributed by atoms with Crippen LogP contribution in [0.3, 0.4) is 0 Å². The summed E-state index contributed by atoms with van der Waals surface area (Å²) in [7, 11) is 0. The Morgan fingerprint density at radius 2 is 2.16 bits per heavy atom. The number of nitrogens with one attached hydrogen (secondary N) is 1. The summed E-state index contributed by atoms with van der Waals surface area (Å²) in [6, 6.07) is 1.62. The van der Waals surface area contributed by atoms with Gasteiger partial charge in [-0.15, -0.1) is 0 Å². The number of halogens is 2. The maximum absolute atomic E-state index is 13.6. The number of anilines is 1. The molecule has 0 aliphatic carbocycles. The first-order valence-corrected chi connectivity index (χ1v) is 6.06. The van der Waals surface area contributed by atoms with E-state index in [9.17, 15) is 13.6 Å². The summed E-state index contributed by atoms with van der Waals surface area (Å²) in [6.45, 7) is 2.86. The topological polar surface area (TPSA) is 64.4 Å². The van der Waals surface area contributed by atoms with Gasteiger partial charge in [0, 0.05) is 12.7 Å². The quantitative estimate of drug-likeness (QED) is 0.806. The van der Waals surface area contributed by atoms with Gasteiger partial charge >= 0.3 is 0 Å². The van der Waals surface area contributed by atoms with Crippen LogP contribution in [0.5, 0.6) is 0 Å². The van der Waals surface area contributed by atoms with Gasteiger partial charge in [-0.1, -0.05) is 0 Å². The molecule has 3 N–H and O–H groups in total. The Kier molecular flexibility index (Phi) is 3.71. The smallest absolute Gasteiger partial charge is 0.254 e. The Hall–Kier alpha value is -1.69. The normalized spacial score (nSPS) is 23.1. The molecule has 0 aromatic heterocycles. The SMILES string of the molecule is CC1(NC(=O)c2cc(N)c(F)cc2F)CCCOC1. The van der Waals surface area contributed by atoms with Gasteiger partial charge in [0.2, 0.25) is 0 Å². The van der Waals surface area contributed by atoms with Crippen molar-refractivity contribution >= 4 is 11.6 Å². The Morgan fingerprint density at radius 3 is 2.79 bits per heavy atom. The standard InChI is InChI=1S/C13H16F2N2O2/c1-13(3-2-4-19-7-13)17-12(18)8-5-11(16)10(15)6-9(8)14/h5-6H,2-4,7,16H2,1H3,(H,17,18). The van der Waals surface area contributed by atoms with E-state index in [4.69, 9.17) is 10.5 Å². The lowest BCUT2D eigenvalue weighted by Crippen LogP contribution is -2.51. The third-order valence-corrected chi connectivity index (χ3v) is 3.18. The molecule has 1 aliphatic heterocycles. The minimum absolute atomic E-state index is 0.253. The van der Waals surface area contributed by atoms with Gasteiger partial charge in [0.05, 0.1) is 23.4 Å². The number of nitrogen functional groups attached to an aromatic ring is 1. The van der Waals surface area contributed by atoms with Crippen LogP contribution < -0.4 is 11.1 Å². The number of ether oxygens (including phenoxy) is 1. The van der Waals surface area contributed by atoms with E-state index in [1.165, 1.54) is 0 Å². The van der Waals surface area contributed by atoms with Gasteiger partial charge in [0.25, 0.3) is 5.91 Å². The van der Waals surface area contributed by atoms with Crippen LogP contribution in [0.1, 0.15) is 30.1 Å². The van der Waals surface area contributed by atoms with E-state index in [-0.39, 0.29) is 11.3 Å². The summed E-state index contributed by atoms with van der Waals surface area (Å²) in [5.74, 6) is -2.41. The van der Waals surface area contributed by atoms with Crippen LogP contribution >= 0.6 is 0 Å². The van der Waals surface area contributed by atoms with Gasteiger partial charge in [0.1, 0.15) is 11.6 Å². The molecule has 2 rings (SSSR count). The number of nitrogens with two attached hydrogens (primary N) is 1. The zero-order valence-electron chi connectivity index (χ0n) is 10.6. The van der Waals surface area contributed by atoms with Gasteiger partial charge in [-0.05, 0) is 25.8 Å². The van der Waals surface area contributed by atoms with Crippen molar-refractivity contribution in [2.45, 2.75) is 25.3 Å². The number of benzene rings is 1. The molecular formula is C13H16F2N2O2. The molecule has 104 valence electrons. The monoisotopic (exact) mass is 270 g/mol. The van der Waals surface area contributed by atoms with Crippen LogP contribution in [0.4, 0.5) is 14.5 Å². The van der Waals surface area contributed by atoms with Gasteiger partial charge < -0.3 is 15.8 Å². The number of amides is 1. The molecule has 1 amide bonds. The van der Waals surface area contributed by atoms with Crippen LogP contribution in [0.2, 0.25) is 0 Å². The van der Waals surface area contributed by atoms with Crippen molar-refractivity contribution in [1.82, 2.24) is 5.32 Å². The number of carbonyl (C=O) groups is 1. The molecule has 0 radical (unpaired) electrons. The molecule has 1 fully saturated rings. The lowest BCUT2D eigenvalue weighted by atomic mass is 9.94. The third-order valence-electron chi connectivity index (χ3n) is 3.18. The van der Waals surface area contributed by atoms with E-state index in [0.29, 0.717) is 19.3 Å². The molecule has 1 aliphatic rings. The summed E-state index contributed by atoms with van der Waals surface area (Å²) >= 11 is 0. The average Bonchev–Trinajstić information content (AvgIpc) is 2.34. The molecule has 1 saturated heterocycles. The summed E-state index contributed by atoms with van der Waals surface area (Å²) < 4.78 is 31.9. The van der Waals surface area contributed by atoms with Crippen molar-refractivity contribution in [3.8, 4) is 0 Å². The Morgan fingerprint density at radius 1 is 1.42 bits per heavy atom. The molecule has 0 saturated carbocycles. The lowest BCUT2D eigenvalue weighted by molar-refractivity contribution is 0.0271. The summed E-state index contributed by atoms with van der Waals surface area (Å²) in [5, 5.41) is 2.72. The highest BCUT2D eigenvalue weighted by molar-refractivity contribution is 5.95. The summed E-state index contributed by atoms with van der Waals surface area (Å²) in [5.41, 5.74) is 4.30. The fraction of sp³-hybridized carbons (Fsp3) is 0.462. The molecule has 6 heteroatoms. The highest BCUT2D eigenvalue weighted by Gasteiger charge is 2.30. The fourth-order valence-corrected chi connectivity index (χ4v) is 2.11. The maximum Gasteiger partial charge on any atom is 0.254 e. The van der Waals surface area contributed by atoms with Gasteiger partial charge in [0.15, 0.2) is 0 Å². The molecule has 19 heavy (non-hydrogen) atoms. The first kappa shape index (κ1) is 13.7. The molecule has 1 aromatic carbocycles. The number of carbonyl (C=O) groups excluding carboxylic acids is 1. The van der Waals surface area contributed by atoms with Crippen molar-refractivity contribution in [1.29, 1.82) is 0 Å². The lowest BCUT2D eigenvalue weighted by Gasteiger charge is -2.34. The summed E-state index contributed by atoms with van der Waals surface area (Å²) in [6.07, 6.45) is 1.57. The van der Waals surface area contributed by atoms with E-state index < -0.39 is 23.1 Å². The van der Waals surface area contributed by atoms with Crippen LogP contribution in [-0.4, -0.2) is 24.7 Å². The zero-order valence-corrected chi connectivity index (χ0v) is 10.6. The largest absolute Gasteiger partial charge is 0.396 e. The van der Waals surface area contributed by atoms with Crippen LogP contribution in [0.25, 0.3) is 0 Å². The predicted molar refractivity (Wildman–Crippen MR) is 66.7 cm³/mol. The van der Waals surface area contributed by atoms with E-state index in [2.05, 4.69) is 5.32 Å². The number of hydrogen-bond acceptors (Lipinski definition) is 3. The second kappa shape index (κ2) is 5.13. The highest BCUT2D eigenvalue weighted by Crippen LogP contribution is 2.21. The second-order valence-corrected chi connectivity index (χ2v) is 5.02. The summed E-state index contributed by atoms with van der Waals surface area (Å²) in [4.78, 5) is 12.0. The van der Waals surface area contributed by atoms with Crippen molar-refractivity contribution in [3.05, 3.63) is 29.3 Å². The van der Waals surface area contributed by atoms with Crippen molar-refractivity contribution in [2.75, 3.05) is 18.9 Å². The molecular weight excluding hydrogens is 254 g/mol. The van der Waals surface area contributed by atoms with Gasteiger partial charge in [-0.2, -0.15) is 0 Å². The number of rotatable bonds is 2. The molecule has 1 aromatic rings. The number of hydrogen-bond donors (Lipinski definition) is 2. The second-order valence-electron chi connectivity index (χ2n) is 5.02. The van der Waals surface area contributed by atoms with E-state index >= 15 is 0 Å². The molecule has 1 heterocycles. The molecule has 1 atom stereocenters. The van der Waals surface area contributed by atoms with Crippen LogP contribution in [0.15, 0.2) is 12.1 Å². The third kappa shape index (κ3) is 3.01. The average molecular weight is 270 g/mol. The van der Waals surface area contributed by atoms with Gasteiger partial charge in [-0.25, -0.2) is 8.78 Å². The minimum atomic E-state index is -0.926. The highest BCUT2D eigenvalue weighted by atomic mass is 19.1. The van der Waals surface area contributed by atoms with Crippen molar-refractivity contribution < 1.29 is 18.3 Å². The van der Waals surface area contributed by atoms with E-state index in [0.717, 1.165) is 18.9 Å². The maximum atomic E-state index is 13.6. The first-order chi connectivity index (χ1) is 8.91. The fourth-order valence-electron chi connectivity index (χ4n) is 2.11. The van der Waals surface area contributed by atoms with Crippen LogP contribution in [-0.2, 0) is 4.74 Å². The molecule has 4 nitrogen and oxygen atoms in total. The predicted octanol–water partition coefficient (Wildman–Crippen LogP) is 1.85. The molecule has 1 unspecified atom stereocenters. The minimum Gasteiger partial charge on any atom is -0.396 e. The first-order valence-electron chi connectivity index (χ1n) is 6.06. The molecule has 0 spiro atoms. The Balaban J connectivity index is 2.18.